The maximum Gasteiger partial charge on any atom is 0.267 e. The number of hydrogen-bond acceptors (Lipinski definition) is 2. The first-order chi connectivity index (χ1) is 10.2. The summed E-state index contributed by atoms with van der Waals surface area (Å²) in [5, 5.41) is 2.81. The molecule has 2 amide bonds. The molecule has 0 bridgehead atoms. The molecule has 1 N–H and O–H groups in total. The molecule has 4 nitrogen and oxygen atoms in total. The second-order valence-corrected chi connectivity index (χ2v) is 7.00. The zero-order valence-electron chi connectivity index (χ0n) is 13.1. The smallest absolute Gasteiger partial charge is 0.267 e. The summed E-state index contributed by atoms with van der Waals surface area (Å²) in [6, 6.07) is 7.23. The highest BCUT2D eigenvalue weighted by atomic mass is 127. The van der Waals surface area contributed by atoms with Crippen LogP contribution in [0.5, 0.6) is 0 Å². The summed E-state index contributed by atoms with van der Waals surface area (Å²) in [6.45, 7) is 13.3. The quantitative estimate of drug-likeness (QED) is 0.458. The molecule has 118 valence electrons. The SMILES string of the molecule is C=CCN(C(=C)C(=O)NC(C)(C)C)C(=O)c1ccccc1I. The Bertz CT molecular complexity index is 603. The van der Waals surface area contributed by atoms with E-state index in [1.807, 2.05) is 32.9 Å². The van der Waals surface area contributed by atoms with Crippen molar-refractivity contribution < 1.29 is 9.59 Å². The second-order valence-electron chi connectivity index (χ2n) is 5.84. The summed E-state index contributed by atoms with van der Waals surface area (Å²) in [4.78, 5) is 26.3. The predicted octanol–water partition coefficient (Wildman–Crippen LogP) is 3.35. The zero-order chi connectivity index (χ0) is 16.9. The molecule has 5 heteroatoms. The van der Waals surface area contributed by atoms with Crippen LogP contribution in [-0.4, -0.2) is 28.8 Å². The standard InChI is InChI=1S/C17H21IN2O2/c1-6-11-20(12(2)15(21)19-17(3,4)5)16(22)13-9-7-8-10-14(13)18/h6-10H,1-2,11H2,3-5H3,(H,19,21). The maximum absolute atomic E-state index is 12.7. The van der Waals surface area contributed by atoms with E-state index in [9.17, 15) is 9.59 Å². The van der Waals surface area contributed by atoms with Crippen LogP contribution in [0.25, 0.3) is 0 Å². The van der Waals surface area contributed by atoms with Crippen LogP contribution in [0, 0.1) is 3.57 Å². The Hall–Kier alpha value is -1.63. The van der Waals surface area contributed by atoms with Gasteiger partial charge in [-0.05, 0) is 55.5 Å². The van der Waals surface area contributed by atoms with E-state index >= 15 is 0 Å². The molecule has 0 saturated heterocycles. The first-order valence-electron chi connectivity index (χ1n) is 6.86. The predicted molar refractivity (Wildman–Crippen MR) is 97.4 cm³/mol. The highest BCUT2D eigenvalue weighted by molar-refractivity contribution is 14.1. The Labute approximate surface area is 145 Å². The third-order valence-electron chi connectivity index (χ3n) is 2.74. The van der Waals surface area contributed by atoms with Crippen LogP contribution in [0.3, 0.4) is 0 Å². The van der Waals surface area contributed by atoms with Crippen molar-refractivity contribution >= 4 is 34.4 Å². The number of nitrogens with one attached hydrogen (secondary N) is 1. The minimum absolute atomic E-state index is 0.111. The summed E-state index contributed by atoms with van der Waals surface area (Å²) in [7, 11) is 0. The minimum atomic E-state index is -0.399. The lowest BCUT2D eigenvalue weighted by atomic mass is 10.1. The largest absolute Gasteiger partial charge is 0.346 e. The van der Waals surface area contributed by atoms with Gasteiger partial charge in [0.2, 0.25) is 0 Å². The lowest BCUT2D eigenvalue weighted by Gasteiger charge is -2.27. The Kier molecular flexibility index (Phi) is 6.34. The fourth-order valence-electron chi connectivity index (χ4n) is 1.76. The van der Waals surface area contributed by atoms with Gasteiger partial charge in [-0.15, -0.1) is 6.58 Å². The molecule has 0 aliphatic heterocycles. The third kappa shape index (κ3) is 4.98. The van der Waals surface area contributed by atoms with Gasteiger partial charge in [-0.2, -0.15) is 0 Å². The van der Waals surface area contributed by atoms with Gasteiger partial charge >= 0.3 is 0 Å². The summed E-state index contributed by atoms with van der Waals surface area (Å²) >= 11 is 2.10. The van der Waals surface area contributed by atoms with Gasteiger partial charge in [-0.25, -0.2) is 0 Å². The van der Waals surface area contributed by atoms with E-state index in [1.165, 1.54) is 4.90 Å². The summed E-state index contributed by atoms with van der Waals surface area (Å²) in [5.41, 5.74) is 0.249. The number of rotatable bonds is 5. The Balaban J connectivity index is 3.05. The number of carbonyl (C=O) groups excluding carboxylic acids is 2. The van der Waals surface area contributed by atoms with Crippen molar-refractivity contribution in [1.82, 2.24) is 10.2 Å². The van der Waals surface area contributed by atoms with Crippen LogP contribution in [0.4, 0.5) is 0 Å². The highest BCUT2D eigenvalue weighted by Crippen LogP contribution is 2.17. The zero-order valence-corrected chi connectivity index (χ0v) is 15.3. The van der Waals surface area contributed by atoms with Gasteiger partial charge < -0.3 is 10.2 Å². The average Bonchev–Trinajstić information content (AvgIpc) is 2.42. The molecular formula is C17H21IN2O2. The molecule has 0 atom stereocenters. The minimum Gasteiger partial charge on any atom is -0.346 e. The lowest BCUT2D eigenvalue weighted by Crippen LogP contribution is -2.45. The van der Waals surface area contributed by atoms with Crippen LogP contribution in [0.15, 0.2) is 49.2 Å². The van der Waals surface area contributed by atoms with Crippen molar-refractivity contribution in [2.45, 2.75) is 26.3 Å². The number of hydrogen-bond donors (Lipinski definition) is 1. The number of nitrogens with zero attached hydrogens (tertiary/aromatic N) is 1. The molecule has 0 heterocycles. The summed E-state index contributed by atoms with van der Waals surface area (Å²) in [5.74, 6) is -0.632. The summed E-state index contributed by atoms with van der Waals surface area (Å²) < 4.78 is 0.822. The first-order valence-corrected chi connectivity index (χ1v) is 7.94. The number of benzene rings is 1. The van der Waals surface area contributed by atoms with Gasteiger partial charge in [0.25, 0.3) is 11.8 Å². The molecule has 0 aliphatic carbocycles. The highest BCUT2D eigenvalue weighted by Gasteiger charge is 2.25. The number of amides is 2. The molecule has 0 aromatic heterocycles. The van der Waals surface area contributed by atoms with E-state index < -0.39 is 5.54 Å². The average molecular weight is 412 g/mol. The Morgan fingerprint density at radius 3 is 2.41 bits per heavy atom. The van der Waals surface area contributed by atoms with Gasteiger partial charge in [0.1, 0.15) is 5.70 Å². The maximum atomic E-state index is 12.7. The van der Waals surface area contributed by atoms with Gasteiger partial charge in [0.15, 0.2) is 0 Å². The molecule has 0 fully saturated rings. The van der Waals surface area contributed by atoms with E-state index in [4.69, 9.17) is 0 Å². The Morgan fingerprint density at radius 1 is 1.32 bits per heavy atom. The van der Waals surface area contributed by atoms with Gasteiger partial charge in [-0.3, -0.25) is 9.59 Å². The molecule has 22 heavy (non-hydrogen) atoms. The van der Waals surface area contributed by atoms with Crippen molar-refractivity contribution in [2.75, 3.05) is 6.54 Å². The Morgan fingerprint density at radius 2 is 1.91 bits per heavy atom. The molecular weight excluding hydrogens is 391 g/mol. The molecule has 0 saturated carbocycles. The van der Waals surface area contributed by atoms with Crippen LogP contribution in [-0.2, 0) is 4.79 Å². The van der Waals surface area contributed by atoms with Gasteiger partial charge in [0.05, 0.1) is 5.56 Å². The fourth-order valence-corrected chi connectivity index (χ4v) is 2.38. The van der Waals surface area contributed by atoms with Crippen LogP contribution in [0.1, 0.15) is 31.1 Å². The van der Waals surface area contributed by atoms with Crippen LogP contribution >= 0.6 is 22.6 Å². The van der Waals surface area contributed by atoms with E-state index in [2.05, 4.69) is 41.1 Å². The third-order valence-corrected chi connectivity index (χ3v) is 3.68. The van der Waals surface area contributed by atoms with Gasteiger partial charge in [-0.1, -0.05) is 24.8 Å². The molecule has 1 rings (SSSR count). The fraction of sp³-hybridized carbons (Fsp3) is 0.294. The van der Waals surface area contributed by atoms with Crippen LogP contribution in [0.2, 0.25) is 0 Å². The topological polar surface area (TPSA) is 49.4 Å². The molecule has 0 radical (unpaired) electrons. The first kappa shape index (κ1) is 18.4. The number of carbonyl (C=O) groups is 2. The van der Waals surface area contributed by atoms with Crippen LogP contribution < -0.4 is 5.32 Å². The summed E-state index contributed by atoms with van der Waals surface area (Å²) in [6.07, 6.45) is 1.57. The van der Waals surface area contributed by atoms with E-state index in [0.717, 1.165) is 3.57 Å². The second kappa shape index (κ2) is 7.58. The molecule has 0 unspecified atom stereocenters. The van der Waals surface area contributed by atoms with Crippen molar-refractivity contribution in [3.05, 3.63) is 58.3 Å². The normalized spacial score (nSPS) is 10.7. The van der Waals surface area contributed by atoms with Crippen molar-refractivity contribution in [3.63, 3.8) is 0 Å². The van der Waals surface area contributed by atoms with Crippen molar-refractivity contribution in [1.29, 1.82) is 0 Å². The van der Waals surface area contributed by atoms with Crippen molar-refractivity contribution in [2.24, 2.45) is 0 Å². The monoisotopic (exact) mass is 412 g/mol. The molecule has 0 aliphatic rings. The number of halogens is 1. The molecule has 1 aromatic rings. The van der Waals surface area contributed by atoms with E-state index in [0.29, 0.717) is 5.56 Å². The lowest BCUT2D eigenvalue weighted by molar-refractivity contribution is -0.120. The molecule has 1 aromatic carbocycles. The molecule has 0 spiro atoms. The van der Waals surface area contributed by atoms with E-state index in [-0.39, 0.29) is 24.1 Å². The van der Waals surface area contributed by atoms with Crippen molar-refractivity contribution in [3.8, 4) is 0 Å². The van der Waals surface area contributed by atoms with Gasteiger partial charge in [0, 0.05) is 15.7 Å². The van der Waals surface area contributed by atoms with E-state index in [1.54, 1.807) is 18.2 Å².